The van der Waals surface area contributed by atoms with E-state index in [1.807, 2.05) is 0 Å². The highest BCUT2D eigenvalue weighted by Gasteiger charge is 2.58. The van der Waals surface area contributed by atoms with Gasteiger partial charge < -0.3 is 5.73 Å². The van der Waals surface area contributed by atoms with Crippen molar-refractivity contribution in [2.45, 2.75) is 25.2 Å². The first-order chi connectivity index (χ1) is 7.03. The Balaban J connectivity index is 3.28. The molecule has 0 bridgehead atoms. The van der Waals surface area contributed by atoms with Gasteiger partial charge in [0.2, 0.25) is 0 Å². The molecule has 0 radical (unpaired) electrons. The SMILES string of the molecule is Cc1nc(N)sc1C(C(F)(F)F)C(F)(F)F. The number of aromatic nitrogens is 1. The predicted octanol–water partition coefficient (Wildman–Crippen LogP) is 3.24. The third kappa shape index (κ3) is 2.57. The molecule has 0 unspecified atom stereocenters. The topological polar surface area (TPSA) is 38.9 Å². The van der Waals surface area contributed by atoms with Crippen LogP contribution in [0.3, 0.4) is 0 Å². The van der Waals surface area contributed by atoms with Gasteiger partial charge in [-0.15, -0.1) is 11.3 Å². The summed E-state index contributed by atoms with van der Waals surface area (Å²) in [5, 5.41) is -0.314. The van der Waals surface area contributed by atoms with E-state index < -0.39 is 23.1 Å². The van der Waals surface area contributed by atoms with Gasteiger partial charge in [-0.05, 0) is 6.92 Å². The maximum absolute atomic E-state index is 12.3. The fourth-order valence-corrected chi connectivity index (χ4v) is 2.17. The number of aryl methyl sites for hydroxylation is 1. The average Bonchev–Trinajstić information content (AvgIpc) is 2.23. The quantitative estimate of drug-likeness (QED) is 0.791. The normalized spacial score (nSPS) is 13.5. The van der Waals surface area contributed by atoms with Crippen molar-refractivity contribution in [1.82, 2.24) is 4.98 Å². The lowest BCUT2D eigenvalue weighted by atomic mass is 10.1. The summed E-state index contributed by atoms with van der Waals surface area (Å²) < 4.78 is 73.9. The molecule has 0 atom stereocenters. The largest absolute Gasteiger partial charge is 0.405 e. The summed E-state index contributed by atoms with van der Waals surface area (Å²) in [6.07, 6.45) is -10.8. The van der Waals surface area contributed by atoms with E-state index in [1.165, 1.54) is 0 Å². The smallest absolute Gasteiger partial charge is 0.375 e. The molecule has 0 saturated carbocycles. The first-order valence-electron chi connectivity index (χ1n) is 3.89. The van der Waals surface area contributed by atoms with Crippen LogP contribution >= 0.6 is 11.3 Å². The Morgan fingerprint density at radius 2 is 1.56 bits per heavy atom. The van der Waals surface area contributed by atoms with Crippen LogP contribution in [0.2, 0.25) is 0 Å². The Hall–Kier alpha value is -0.990. The van der Waals surface area contributed by atoms with Gasteiger partial charge in [-0.1, -0.05) is 0 Å². The lowest BCUT2D eigenvalue weighted by Crippen LogP contribution is -2.33. The molecular weight excluding hydrogens is 258 g/mol. The van der Waals surface area contributed by atoms with E-state index in [0.29, 0.717) is 0 Å². The molecule has 0 aromatic carbocycles. The summed E-state index contributed by atoms with van der Waals surface area (Å²) >= 11 is 0.203. The molecule has 1 aromatic rings. The van der Waals surface area contributed by atoms with Gasteiger partial charge in [0.05, 0.1) is 10.6 Å². The number of halogens is 6. The Bertz CT molecular complexity index is 365. The Kier molecular flexibility index (Phi) is 3.10. The standard InChI is InChI=1S/C7H6F6N2S/c1-2-3(16-5(14)15-2)4(6(8,9)10)7(11,12)13/h4H,1H3,(H2,14,15). The highest BCUT2D eigenvalue weighted by Crippen LogP contribution is 2.49. The number of hydrogen-bond acceptors (Lipinski definition) is 3. The number of anilines is 1. The molecule has 1 aromatic heterocycles. The summed E-state index contributed by atoms with van der Waals surface area (Å²) in [6.45, 7) is 1.06. The van der Waals surface area contributed by atoms with E-state index in [-0.39, 0.29) is 22.2 Å². The van der Waals surface area contributed by atoms with Crippen LogP contribution in [0.4, 0.5) is 31.5 Å². The Morgan fingerprint density at radius 3 is 1.81 bits per heavy atom. The number of thiazole rings is 1. The first-order valence-corrected chi connectivity index (χ1v) is 4.71. The zero-order valence-corrected chi connectivity index (χ0v) is 8.59. The molecule has 1 heterocycles. The predicted molar refractivity (Wildman–Crippen MR) is 46.1 cm³/mol. The Morgan fingerprint density at radius 1 is 1.12 bits per heavy atom. The van der Waals surface area contributed by atoms with Crippen molar-refractivity contribution >= 4 is 16.5 Å². The van der Waals surface area contributed by atoms with Crippen LogP contribution in [0.1, 0.15) is 16.5 Å². The Labute approximate surface area is 90.1 Å². The van der Waals surface area contributed by atoms with Crippen LogP contribution in [0.25, 0.3) is 0 Å². The van der Waals surface area contributed by atoms with Crippen molar-refractivity contribution in [3.63, 3.8) is 0 Å². The first kappa shape index (κ1) is 13.1. The fourth-order valence-electron chi connectivity index (χ4n) is 1.18. The molecule has 0 aliphatic carbocycles. The van der Waals surface area contributed by atoms with E-state index in [0.717, 1.165) is 6.92 Å². The maximum Gasteiger partial charge on any atom is 0.405 e. The lowest BCUT2D eigenvalue weighted by Gasteiger charge is -2.21. The molecule has 0 aliphatic rings. The van der Waals surface area contributed by atoms with Crippen LogP contribution in [-0.4, -0.2) is 17.3 Å². The van der Waals surface area contributed by atoms with E-state index in [1.54, 1.807) is 0 Å². The van der Waals surface area contributed by atoms with Gasteiger partial charge in [-0.3, -0.25) is 0 Å². The molecule has 0 saturated heterocycles. The molecule has 1 rings (SSSR count). The molecule has 2 N–H and O–H groups in total. The molecule has 2 nitrogen and oxygen atoms in total. The zero-order valence-electron chi connectivity index (χ0n) is 7.78. The number of nitrogens with two attached hydrogens (primary N) is 1. The number of nitrogen functional groups attached to an aromatic ring is 1. The summed E-state index contributed by atoms with van der Waals surface area (Å²) in [7, 11) is 0. The highest BCUT2D eigenvalue weighted by atomic mass is 32.1. The van der Waals surface area contributed by atoms with Crippen molar-refractivity contribution in [2.75, 3.05) is 5.73 Å². The molecule has 92 valence electrons. The van der Waals surface area contributed by atoms with Gasteiger partial charge in [0.25, 0.3) is 0 Å². The van der Waals surface area contributed by atoms with Gasteiger partial charge in [0, 0.05) is 0 Å². The summed E-state index contributed by atoms with van der Waals surface area (Å²) in [5.74, 6) is -3.52. The summed E-state index contributed by atoms with van der Waals surface area (Å²) in [5.41, 5.74) is 4.73. The van der Waals surface area contributed by atoms with Crippen LogP contribution in [0.15, 0.2) is 0 Å². The third-order valence-electron chi connectivity index (χ3n) is 1.77. The van der Waals surface area contributed by atoms with Crippen LogP contribution in [-0.2, 0) is 0 Å². The summed E-state index contributed by atoms with van der Waals surface area (Å²) in [6, 6.07) is 0. The molecule has 0 amide bonds. The minimum atomic E-state index is -5.40. The number of rotatable bonds is 1. The minimum Gasteiger partial charge on any atom is -0.375 e. The molecule has 0 spiro atoms. The van der Waals surface area contributed by atoms with Crippen LogP contribution in [0.5, 0.6) is 0 Å². The summed E-state index contributed by atoms with van der Waals surface area (Å²) in [4.78, 5) is 2.45. The lowest BCUT2D eigenvalue weighted by molar-refractivity contribution is -0.252. The van der Waals surface area contributed by atoms with Crippen LogP contribution in [0, 0.1) is 6.92 Å². The second-order valence-corrected chi connectivity index (χ2v) is 4.08. The number of nitrogens with zero attached hydrogens (tertiary/aromatic N) is 1. The van der Waals surface area contributed by atoms with Crippen molar-refractivity contribution < 1.29 is 26.3 Å². The van der Waals surface area contributed by atoms with Gasteiger partial charge in [0.15, 0.2) is 11.0 Å². The van der Waals surface area contributed by atoms with Crippen molar-refractivity contribution in [3.8, 4) is 0 Å². The van der Waals surface area contributed by atoms with Crippen molar-refractivity contribution in [3.05, 3.63) is 10.6 Å². The van der Waals surface area contributed by atoms with Crippen molar-refractivity contribution in [2.24, 2.45) is 0 Å². The van der Waals surface area contributed by atoms with Gasteiger partial charge >= 0.3 is 12.4 Å². The van der Waals surface area contributed by atoms with Gasteiger partial charge in [0.1, 0.15) is 0 Å². The van der Waals surface area contributed by atoms with Crippen LogP contribution < -0.4 is 5.73 Å². The molecule has 16 heavy (non-hydrogen) atoms. The molecule has 9 heteroatoms. The molecule has 0 fully saturated rings. The average molecular weight is 264 g/mol. The maximum atomic E-state index is 12.3. The second-order valence-electron chi connectivity index (χ2n) is 3.02. The second kappa shape index (κ2) is 3.79. The molecular formula is C7H6F6N2S. The fraction of sp³-hybridized carbons (Fsp3) is 0.571. The minimum absolute atomic E-state index is 0.203. The highest BCUT2D eigenvalue weighted by molar-refractivity contribution is 7.15. The zero-order chi connectivity index (χ0) is 12.7. The van der Waals surface area contributed by atoms with E-state index in [2.05, 4.69) is 4.98 Å². The number of alkyl halides is 6. The van der Waals surface area contributed by atoms with Gasteiger partial charge in [-0.2, -0.15) is 26.3 Å². The number of hydrogen-bond donors (Lipinski definition) is 1. The van der Waals surface area contributed by atoms with E-state index in [9.17, 15) is 26.3 Å². The third-order valence-corrected chi connectivity index (χ3v) is 2.82. The molecule has 0 aliphatic heterocycles. The van der Waals surface area contributed by atoms with E-state index in [4.69, 9.17) is 5.73 Å². The van der Waals surface area contributed by atoms with Gasteiger partial charge in [-0.25, -0.2) is 4.98 Å². The van der Waals surface area contributed by atoms with Crippen molar-refractivity contribution in [1.29, 1.82) is 0 Å². The van der Waals surface area contributed by atoms with E-state index >= 15 is 0 Å². The monoisotopic (exact) mass is 264 g/mol.